The molecule has 0 aliphatic carbocycles. The number of nitrogens with zero attached hydrogens (tertiary/aromatic N) is 2. The number of anilines is 1. The molecule has 0 radical (unpaired) electrons. The molecule has 1 amide bonds. The van der Waals surface area contributed by atoms with Crippen molar-refractivity contribution in [2.45, 2.75) is 39.0 Å². The molecule has 2 aromatic carbocycles. The third-order valence-corrected chi connectivity index (χ3v) is 5.57. The molecular weight excluding hydrogens is 376 g/mol. The molecule has 30 heavy (non-hydrogen) atoms. The Balaban J connectivity index is 1.38. The zero-order valence-corrected chi connectivity index (χ0v) is 18.7. The zero-order chi connectivity index (χ0) is 21.6. The number of amides is 1. The molecule has 5 nitrogen and oxygen atoms in total. The molecule has 0 aromatic heterocycles. The third-order valence-electron chi connectivity index (χ3n) is 5.57. The van der Waals surface area contributed by atoms with Crippen molar-refractivity contribution in [2.24, 2.45) is 0 Å². The second-order valence-electron chi connectivity index (χ2n) is 8.80. The van der Waals surface area contributed by atoms with E-state index in [2.05, 4.69) is 43.9 Å². The monoisotopic (exact) mass is 410 g/mol. The molecule has 0 N–H and O–H groups in total. The van der Waals surface area contributed by atoms with Crippen molar-refractivity contribution in [1.29, 1.82) is 0 Å². The lowest BCUT2D eigenvalue weighted by atomic mass is 9.87. The van der Waals surface area contributed by atoms with Crippen molar-refractivity contribution in [3.8, 4) is 11.5 Å². The van der Waals surface area contributed by atoms with E-state index in [4.69, 9.17) is 9.47 Å². The van der Waals surface area contributed by atoms with Crippen LogP contribution in [0.1, 0.15) is 39.2 Å². The highest BCUT2D eigenvalue weighted by molar-refractivity contribution is 5.76. The van der Waals surface area contributed by atoms with Crippen LogP contribution >= 0.6 is 0 Å². The SMILES string of the molecule is COc1cccc(N2CCN(C(=O)CCCOc3ccc(C(C)(C)C)cc3)CC2)c1. The first-order chi connectivity index (χ1) is 14.4. The van der Waals surface area contributed by atoms with Gasteiger partial charge in [-0.25, -0.2) is 0 Å². The van der Waals surface area contributed by atoms with E-state index < -0.39 is 0 Å². The van der Waals surface area contributed by atoms with Crippen LogP contribution in [0.5, 0.6) is 11.5 Å². The molecule has 1 aliphatic heterocycles. The van der Waals surface area contributed by atoms with E-state index in [0.29, 0.717) is 13.0 Å². The minimum Gasteiger partial charge on any atom is -0.497 e. The first kappa shape index (κ1) is 22.0. The maximum absolute atomic E-state index is 12.5. The molecule has 1 heterocycles. The lowest BCUT2D eigenvalue weighted by Gasteiger charge is -2.36. The summed E-state index contributed by atoms with van der Waals surface area (Å²) in [6.45, 7) is 10.4. The van der Waals surface area contributed by atoms with E-state index in [1.165, 1.54) is 5.56 Å². The predicted octanol–water partition coefficient (Wildman–Crippen LogP) is 4.50. The summed E-state index contributed by atoms with van der Waals surface area (Å²) in [5, 5.41) is 0. The van der Waals surface area contributed by atoms with Crippen molar-refractivity contribution in [3.05, 3.63) is 54.1 Å². The van der Waals surface area contributed by atoms with E-state index in [1.54, 1.807) is 7.11 Å². The lowest BCUT2D eigenvalue weighted by molar-refractivity contribution is -0.131. The molecule has 0 spiro atoms. The van der Waals surface area contributed by atoms with Gasteiger partial charge in [0.1, 0.15) is 11.5 Å². The summed E-state index contributed by atoms with van der Waals surface area (Å²) < 4.78 is 11.1. The average Bonchev–Trinajstić information content (AvgIpc) is 2.76. The van der Waals surface area contributed by atoms with Gasteiger partial charge in [-0.3, -0.25) is 4.79 Å². The highest BCUT2D eigenvalue weighted by Crippen LogP contribution is 2.25. The molecule has 5 heteroatoms. The molecule has 0 saturated carbocycles. The van der Waals surface area contributed by atoms with Crippen molar-refractivity contribution >= 4 is 11.6 Å². The fraction of sp³-hybridized carbons (Fsp3) is 0.480. The number of benzene rings is 2. The summed E-state index contributed by atoms with van der Waals surface area (Å²) in [6.07, 6.45) is 1.26. The van der Waals surface area contributed by atoms with Crippen LogP contribution in [-0.2, 0) is 10.2 Å². The molecule has 0 bridgehead atoms. The lowest BCUT2D eigenvalue weighted by Crippen LogP contribution is -2.48. The predicted molar refractivity (Wildman–Crippen MR) is 122 cm³/mol. The molecular formula is C25H34N2O3. The van der Waals surface area contributed by atoms with Gasteiger partial charge in [0.15, 0.2) is 0 Å². The summed E-state index contributed by atoms with van der Waals surface area (Å²) >= 11 is 0. The number of piperazine rings is 1. The minimum absolute atomic E-state index is 0.140. The van der Waals surface area contributed by atoms with Gasteiger partial charge in [-0.05, 0) is 41.7 Å². The first-order valence-corrected chi connectivity index (χ1v) is 10.8. The smallest absolute Gasteiger partial charge is 0.222 e. The number of carbonyl (C=O) groups excluding carboxylic acids is 1. The Morgan fingerprint density at radius 3 is 2.30 bits per heavy atom. The quantitative estimate of drug-likeness (QED) is 0.630. The Hall–Kier alpha value is -2.69. The van der Waals surface area contributed by atoms with Gasteiger partial charge < -0.3 is 19.3 Å². The standard InChI is InChI=1S/C25H34N2O3/c1-25(2,3)20-10-12-22(13-11-20)30-18-6-9-24(28)27-16-14-26(15-17-27)21-7-5-8-23(19-21)29-4/h5,7-8,10-13,19H,6,9,14-18H2,1-4H3. The van der Waals surface area contributed by atoms with E-state index >= 15 is 0 Å². The van der Waals surface area contributed by atoms with Gasteiger partial charge in [0.2, 0.25) is 5.91 Å². The number of hydrogen-bond acceptors (Lipinski definition) is 4. The summed E-state index contributed by atoms with van der Waals surface area (Å²) in [5.41, 5.74) is 2.58. The molecule has 1 fully saturated rings. The van der Waals surface area contributed by atoms with Crippen molar-refractivity contribution in [1.82, 2.24) is 4.90 Å². The van der Waals surface area contributed by atoms with Crippen LogP contribution in [0.2, 0.25) is 0 Å². The number of carbonyl (C=O) groups is 1. The fourth-order valence-electron chi connectivity index (χ4n) is 3.64. The Morgan fingerprint density at radius 2 is 1.67 bits per heavy atom. The fourth-order valence-corrected chi connectivity index (χ4v) is 3.64. The second-order valence-corrected chi connectivity index (χ2v) is 8.80. The summed E-state index contributed by atoms with van der Waals surface area (Å²) in [4.78, 5) is 16.8. The van der Waals surface area contributed by atoms with Gasteiger partial charge in [-0.1, -0.05) is 39.0 Å². The van der Waals surface area contributed by atoms with E-state index in [9.17, 15) is 4.79 Å². The number of rotatable bonds is 7. The van der Waals surface area contributed by atoms with E-state index in [-0.39, 0.29) is 11.3 Å². The maximum Gasteiger partial charge on any atom is 0.222 e. The molecule has 2 aromatic rings. The van der Waals surface area contributed by atoms with E-state index in [1.807, 2.05) is 35.2 Å². The second kappa shape index (κ2) is 9.88. The topological polar surface area (TPSA) is 42.0 Å². The van der Waals surface area contributed by atoms with Crippen LogP contribution < -0.4 is 14.4 Å². The maximum atomic E-state index is 12.5. The summed E-state index contributed by atoms with van der Waals surface area (Å²) in [6, 6.07) is 16.3. The van der Waals surface area contributed by atoms with Gasteiger partial charge in [-0.2, -0.15) is 0 Å². The van der Waals surface area contributed by atoms with Crippen LogP contribution in [0.3, 0.4) is 0 Å². The Labute approximate surface area is 180 Å². The highest BCUT2D eigenvalue weighted by atomic mass is 16.5. The van der Waals surface area contributed by atoms with Gasteiger partial charge in [-0.15, -0.1) is 0 Å². The van der Waals surface area contributed by atoms with Crippen molar-refractivity contribution in [2.75, 3.05) is 44.8 Å². The molecule has 3 rings (SSSR count). The summed E-state index contributed by atoms with van der Waals surface area (Å²) in [7, 11) is 1.68. The van der Waals surface area contributed by atoms with Crippen LogP contribution in [0, 0.1) is 0 Å². The molecule has 162 valence electrons. The largest absolute Gasteiger partial charge is 0.497 e. The molecule has 0 atom stereocenters. The van der Waals surface area contributed by atoms with Crippen LogP contribution in [0.15, 0.2) is 48.5 Å². The van der Waals surface area contributed by atoms with Crippen molar-refractivity contribution in [3.63, 3.8) is 0 Å². The molecule has 1 saturated heterocycles. The minimum atomic E-state index is 0.140. The average molecular weight is 411 g/mol. The summed E-state index contributed by atoms with van der Waals surface area (Å²) in [5.74, 6) is 1.94. The van der Waals surface area contributed by atoms with Crippen LogP contribution in [0.25, 0.3) is 0 Å². The van der Waals surface area contributed by atoms with E-state index in [0.717, 1.165) is 49.8 Å². The van der Waals surface area contributed by atoms with Gasteiger partial charge in [0, 0.05) is 44.4 Å². The Bertz CT molecular complexity index is 819. The Morgan fingerprint density at radius 1 is 0.967 bits per heavy atom. The van der Waals surface area contributed by atoms with Gasteiger partial charge >= 0.3 is 0 Å². The van der Waals surface area contributed by atoms with Crippen LogP contribution in [-0.4, -0.2) is 50.7 Å². The van der Waals surface area contributed by atoms with Gasteiger partial charge in [0.25, 0.3) is 0 Å². The normalized spacial score (nSPS) is 14.5. The molecule has 1 aliphatic rings. The first-order valence-electron chi connectivity index (χ1n) is 10.8. The third kappa shape index (κ3) is 5.91. The number of methoxy groups -OCH3 is 1. The van der Waals surface area contributed by atoms with Crippen molar-refractivity contribution < 1.29 is 14.3 Å². The van der Waals surface area contributed by atoms with Gasteiger partial charge in [0.05, 0.1) is 13.7 Å². The highest BCUT2D eigenvalue weighted by Gasteiger charge is 2.21. The number of hydrogen-bond donors (Lipinski definition) is 0. The van der Waals surface area contributed by atoms with Crippen LogP contribution in [0.4, 0.5) is 5.69 Å². The Kier molecular flexibility index (Phi) is 7.24. The number of ether oxygens (including phenoxy) is 2. The molecule has 0 unspecified atom stereocenters. The zero-order valence-electron chi connectivity index (χ0n) is 18.7.